The van der Waals surface area contributed by atoms with E-state index in [1.165, 1.54) is 19.4 Å². The average molecular weight is 541 g/mol. The van der Waals surface area contributed by atoms with Crippen molar-refractivity contribution in [3.63, 3.8) is 0 Å². The molecule has 1 atom stereocenters. The zero-order valence-electron chi connectivity index (χ0n) is 19.3. The number of anilines is 1. The monoisotopic (exact) mass is 541 g/mol. The second-order valence-corrected chi connectivity index (χ2v) is 7.93. The van der Waals surface area contributed by atoms with Crippen molar-refractivity contribution in [2.75, 3.05) is 38.6 Å². The van der Waals surface area contributed by atoms with E-state index in [1.54, 1.807) is 0 Å². The molecule has 0 aromatic carbocycles. The zero-order chi connectivity index (χ0) is 21.5. The molecule has 2 aromatic rings. The highest BCUT2D eigenvalue weighted by Crippen LogP contribution is 2.15. The number of guanidine groups is 1. The summed E-state index contributed by atoms with van der Waals surface area (Å²) >= 11 is 0. The molecule has 1 aliphatic heterocycles. The minimum atomic E-state index is 0. The third-order valence-electron chi connectivity index (χ3n) is 5.66. The summed E-state index contributed by atoms with van der Waals surface area (Å²) in [5.41, 5.74) is 0.938. The fourth-order valence-corrected chi connectivity index (χ4v) is 3.66. The van der Waals surface area contributed by atoms with Crippen LogP contribution in [0.5, 0.6) is 0 Å². The van der Waals surface area contributed by atoms with Crippen molar-refractivity contribution >= 4 is 35.8 Å². The molecule has 3 heterocycles. The molecule has 31 heavy (non-hydrogen) atoms. The van der Waals surface area contributed by atoms with Gasteiger partial charge in [-0.05, 0) is 45.0 Å². The van der Waals surface area contributed by atoms with E-state index >= 15 is 0 Å². The van der Waals surface area contributed by atoms with E-state index in [2.05, 4.69) is 37.6 Å². The van der Waals surface area contributed by atoms with Crippen molar-refractivity contribution in [1.29, 1.82) is 0 Å². The van der Waals surface area contributed by atoms with Gasteiger partial charge in [0.25, 0.3) is 0 Å². The lowest BCUT2D eigenvalue weighted by Gasteiger charge is -2.24. The normalized spacial score (nSPS) is 16.8. The summed E-state index contributed by atoms with van der Waals surface area (Å²) < 4.78 is 1.99. The predicted octanol–water partition coefficient (Wildman–Crippen LogP) is 1.92. The van der Waals surface area contributed by atoms with Gasteiger partial charge in [0, 0.05) is 33.7 Å². The van der Waals surface area contributed by atoms with Crippen LogP contribution in [0, 0.1) is 6.92 Å². The summed E-state index contributed by atoms with van der Waals surface area (Å²) in [4.78, 5) is 14.0. The molecule has 1 unspecified atom stereocenters. The van der Waals surface area contributed by atoms with Gasteiger partial charge in [-0.1, -0.05) is 13.0 Å². The van der Waals surface area contributed by atoms with Crippen molar-refractivity contribution in [2.45, 2.75) is 45.8 Å². The Kier molecular flexibility index (Phi) is 9.94. The van der Waals surface area contributed by atoms with E-state index in [0.717, 1.165) is 42.2 Å². The zero-order valence-corrected chi connectivity index (χ0v) is 21.6. The molecule has 9 nitrogen and oxygen atoms in total. The van der Waals surface area contributed by atoms with E-state index in [1.807, 2.05) is 55.7 Å². The predicted molar refractivity (Wildman–Crippen MR) is 136 cm³/mol. The first-order chi connectivity index (χ1) is 14.5. The van der Waals surface area contributed by atoms with Crippen LogP contribution in [-0.2, 0) is 20.1 Å². The first-order valence-electron chi connectivity index (χ1n) is 10.7. The molecule has 2 N–H and O–H groups in total. The Bertz CT molecular complexity index is 849. The van der Waals surface area contributed by atoms with Gasteiger partial charge in [-0.2, -0.15) is 0 Å². The molecule has 0 aliphatic carbocycles. The topological polar surface area (TPSA) is 86.5 Å². The van der Waals surface area contributed by atoms with Gasteiger partial charge >= 0.3 is 0 Å². The molecule has 3 rings (SSSR count). The van der Waals surface area contributed by atoms with Crippen molar-refractivity contribution in [3.8, 4) is 0 Å². The summed E-state index contributed by atoms with van der Waals surface area (Å²) in [6.45, 7) is 8.40. The van der Waals surface area contributed by atoms with Crippen molar-refractivity contribution in [2.24, 2.45) is 12.0 Å². The fraction of sp³-hybridized carbons (Fsp3) is 0.619. The second-order valence-electron chi connectivity index (χ2n) is 7.93. The number of aryl methyl sites for hydroxylation is 1. The molecule has 0 saturated carbocycles. The van der Waals surface area contributed by atoms with Gasteiger partial charge < -0.3 is 20.1 Å². The fourth-order valence-electron chi connectivity index (χ4n) is 3.66. The minimum Gasteiger partial charge on any atom is -0.363 e. The smallest absolute Gasteiger partial charge is 0.192 e. The summed E-state index contributed by atoms with van der Waals surface area (Å²) in [7, 11) is 5.96. The second kappa shape index (κ2) is 12.2. The summed E-state index contributed by atoms with van der Waals surface area (Å²) in [5, 5.41) is 15.3. The van der Waals surface area contributed by atoms with E-state index in [-0.39, 0.29) is 24.0 Å². The van der Waals surface area contributed by atoms with E-state index in [9.17, 15) is 0 Å². The molecule has 2 aromatic heterocycles. The molecule has 1 saturated heterocycles. The lowest BCUT2D eigenvalue weighted by molar-refractivity contribution is 0.267. The van der Waals surface area contributed by atoms with Crippen molar-refractivity contribution in [1.82, 2.24) is 35.3 Å². The Morgan fingerprint density at radius 2 is 2.06 bits per heavy atom. The van der Waals surface area contributed by atoms with Crippen molar-refractivity contribution in [3.05, 3.63) is 35.5 Å². The highest BCUT2D eigenvalue weighted by atomic mass is 127. The Labute approximate surface area is 202 Å². The molecular weight excluding hydrogens is 505 g/mol. The van der Waals surface area contributed by atoms with Gasteiger partial charge in [0.2, 0.25) is 0 Å². The Hall–Kier alpha value is -1.95. The SMILES string of the molecule is CCN1CCCC1CNC(=NCc1cccc(N(C)C)n1)NCc1nnc(C)n1C.I. The molecule has 0 spiro atoms. The van der Waals surface area contributed by atoms with Gasteiger partial charge in [-0.3, -0.25) is 4.90 Å². The Balaban J connectivity index is 0.00000341. The summed E-state index contributed by atoms with van der Waals surface area (Å²) in [6.07, 6.45) is 2.49. The molecule has 172 valence electrons. The lowest BCUT2D eigenvalue weighted by Crippen LogP contribution is -2.44. The Morgan fingerprint density at radius 1 is 1.26 bits per heavy atom. The number of aromatic nitrogens is 4. The van der Waals surface area contributed by atoms with Gasteiger partial charge in [-0.25, -0.2) is 9.98 Å². The van der Waals surface area contributed by atoms with Crippen LogP contribution in [0.1, 0.15) is 37.1 Å². The van der Waals surface area contributed by atoms with Crippen LogP contribution >= 0.6 is 24.0 Å². The molecule has 0 amide bonds. The van der Waals surface area contributed by atoms with Crippen LogP contribution in [0.4, 0.5) is 5.82 Å². The van der Waals surface area contributed by atoms with Crippen LogP contribution in [-0.4, -0.2) is 70.4 Å². The number of aliphatic imine (C=N–C) groups is 1. The van der Waals surface area contributed by atoms with Gasteiger partial charge in [0.05, 0.1) is 18.8 Å². The molecule has 1 fully saturated rings. The lowest BCUT2D eigenvalue weighted by atomic mass is 10.2. The largest absolute Gasteiger partial charge is 0.363 e. The maximum absolute atomic E-state index is 4.80. The quantitative estimate of drug-likeness (QED) is 0.300. The van der Waals surface area contributed by atoms with Gasteiger partial charge in [-0.15, -0.1) is 34.2 Å². The van der Waals surface area contributed by atoms with Gasteiger partial charge in [0.1, 0.15) is 11.6 Å². The van der Waals surface area contributed by atoms with E-state index < -0.39 is 0 Å². The van der Waals surface area contributed by atoms with Crippen LogP contribution < -0.4 is 15.5 Å². The van der Waals surface area contributed by atoms with Crippen LogP contribution in [0.3, 0.4) is 0 Å². The number of likely N-dealkylation sites (tertiary alicyclic amines) is 1. The number of pyridine rings is 1. The maximum Gasteiger partial charge on any atom is 0.192 e. The number of hydrogen-bond acceptors (Lipinski definition) is 6. The summed E-state index contributed by atoms with van der Waals surface area (Å²) in [6, 6.07) is 6.58. The number of nitrogens with one attached hydrogen (secondary N) is 2. The molecule has 1 aliphatic rings. The standard InChI is InChI=1S/C21H35N9.HI/c1-6-30-12-8-10-18(30)14-23-21(24-15-20-27-26-16(2)29(20)5)22-13-17-9-7-11-19(25-17)28(3)4;/h7,9,11,18H,6,8,10,12-15H2,1-5H3,(H2,22,23,24);1H. The number of nitrogens with zero attached hydrogens (tertiary/aromatic N) is 7. The van der Waals surface area contributed by atoms with E-state index in [4.69, 9.17) is 4.99 Å². The van der Waals surface area contributed by atoms with Crippen LogP contribution in [0.15, 0.2) is 23.2 Å². The maximum atomic E-state index is 4.80. The third-order valence-corrected chi connectivity index (χ3v) is 5.66. The van der Waals surface area contributed by atoms with Crippen LogP contribution in [0.2, 0.25) is 0 Å². The van der Waals surface area contributed by atoms with Crippen molar-refractivity contribution < 1.29 is 0 Å². The summed E-state index contributed by atoms with van der Waals surface area (Å²) in [5.74, 6) is 3.48. The minimum absolute atomic E-state index is 0. The van der Waals surface area contributed by atoms with E-state index in [0.29, 0.717) is 19.1 Å². The molecular formula is C21H36IN9. The highest BCUT2D eigenvalue weighted by molar-refractivity contribution is 14.0. The number of likely N-dealkylation sites (N-methyl/N-ethyl adjacent to an activating group) is 1. The first-order valence-corrected chi connectivity index (χ1v) is 10.7. The number of rotatable bonds is 8. The Morgan fingerprint density at radius 3 is 2.74 bits per heavy atom. The average Bonchev–Trinajstić information content (AvgIpc) is 3.34. The number of halogens is 1. The van der Waals surface area contributed by atoms with Crippen LogP contribution in [0.25, 0.3) is 0 Å². The third kappa shape index (κ3) is 7.03. The molecule has 10 heteroatoms. The number of hydrogen-bond donors (Lipinski definition) is 2. The molecule has 0 bridgehead atoms. The first kappa shape index (κ1) is 25.3. The van der Waals surface area contributed by atoms with Gasteiger partial charge in [0.15, 0.2) is 11.8 Å². The highest BCUT2D eigenvalue weighted by Gasteiger charge is 2.22. The molecule has 0 radical (unpaired) electrons.